The zero-order valence-corrected chi connectivity index (χ0v) is 18.1. The van der Waals surface area contributed by atoms with Gasteiger partial charge in [0.25, 0.3) is 0 Å². The standard InChI is InChI=1S/C24H21Cl2FN2O2/c25-19-10-6-16(7-11-19)22(17-8-12-20(26)13-9-17)31-21-14-29(15-21)24(30)28-23(27)18-4-2-1-3-5-18/h1-13,21-23H,14-15H2,(H,28,30). The molecule has 1 saturated heterocycles. The molecule has 160 valence electrons. The van der Waals surface area contributed by atoms with Crippen LogP contribution in [0.4, 0.5) is 9.18 Å². The summed E-state index contributed by atoms with van der Waals surface area (Å²) < 4.78 is 20.6. The van der Waals surface area contributed by atoms with Gasteiger partial charge in [0.2, 0.25) is 0 Å². The maximum atomic E-state index is 14.3. The molecule has 0 spiro atoms. The van der Waals surface area contributed by atoms with E-state index in [4.69, 9.17) is 27.9 Å². The van der Waals surface area contributed by atoms with Crippen LogP contribution >= 0.6 is 23.2 Å². The van der Waals surface area contributed by atoms with Crippen molar-refractivity contribution in [2.45, 2.75) is 18.5 Å². The Balaban J connectivity index is 1.38. The minimum atomic E-state index is -1.55. The topological polar surface area (TPSA) is 41.6 Å². The van der Waals surface area contributed by atoms with Crippen molar-refractivity contribution in [3.63, 3.8) is 0 Å². The molecule has 0 aromatic heterocycles. The molecule has 0 aliphatic carbocycles. The molecule has 4 rings (SSSR count). The largest absolute Gasteiger partial charge is 0.362 e. The molecule has 7 heteroatoms. The Hall–Kier alpha value is -2.60. The highest BCUT2D eigenvalue weighted by molar-refractivity contribution is 6.30. The number of alkyl halides is 1. The van der Waals surface area contributed by atoms with E-state index in [1.54, 1.807) is 30.3 Å². The van der Waals surface area contributed by atoms with Gasteiger partial charge in [0.15, 0.2) is 6.30 Å². The monoisotopic (exact) mass is 458 g/mol. The molecular weight excluding hydrogens is 438 g/mol. The quantitative estimate of drug-likeness (QED) is 0.449. The van der Waals surface area contributed by atoms with E-state index in [9.17, 15) is 9.18 Å². The molecule has 1 fully saturated rings. The predicted molar refractivity (Wildman–Crippen MR) is 120 cm³/mol. The molecule has 1 atom stereocenters. The minimum absolute atomic E-state index is 0.170. The number of likely N-dealkylation sites (tertiary alicyclic amines) is 1. The van der Waals surface area contributed by atoms with Gasteiger partial charge >= 0.3 is 6.03 Å². The second kappa shape index (κ2) is 9.69. The Morgan fingerprint density at radius 1 is 0.871 bits per heavy atom. The van der Waals surface area contributed by atoms with Crippen LogP contribution < -0.4 is 5.32 Å². The van der Waals surface area contributed by atoms with E-state index >= 15 is 0 Å². The summed E-state index contributed by atoms with van der Waals surface area (Å²) in [4.78, 5) is 13.9. The average Bonchev–Trinajstić information content (AvgIpc) is 2.75. The van der Waals surface area contributed by atoms with E-state index < -0.39 is 12.3 Å². The fraction of sp³-hybridized carbons (Fsp3) is 0.208. The number of nitrogens with one attached hydrogen (secondary N) is 1. The number of nitrogens with zero attached hydrogens (tertiary/aromatic N) is 1. The summed E-state index contributed by atoms with van der Waals surface area (Å²) in [5, 5.41) is 3.67. The van der Waals surface area contributed by atoms with Gasteiger partial charge in [-0.15, -0.1) is 0 Å². The van der Waals surface area contributed by atoms with E-state index in [2.05, 4.69) is 5.32 Å². The van der Waals surface area contributed by atoms with Crippen molar-refractivity contribution in [1.29, 1.82) is 0 Å². The molecule has 1 N–H and O–H groups in total. The predicted octanol–water partition coefficient (Wildman–Crippen LogP) is 6.16. The van der Waals surface area contributed by atoms with Gasteiger partial charge in [-0.2, -0.15) is 0 Å². The minimum Gasteiger partial charge on any atom is -0.362 e. The van der Waals surface area contributed by atoms with Crippen LogP contribution in [0.5, 0.6) is 0 Å². The Labute approximate surface area is 190 Å². The first-order chi connectivity index (χ1) is 15.0. The third kappa shape index (κ3) is 5.37. The average molecular weight is 459 g/mol. The molecule has 2 amide bonds. The van der Waals surface area contributed by atoms with Gasteiger partial charge in [0.05, 0.1) is 19.2 Å². The first-order valence-electron chi connectivity index (χ1n) is 9.90. The van der Waals surface area contributed by atoms with Crippen molar-refractivity contribution in [1.82, 2.24) is 10.2 Å². The van der Waals surface area contributed by atoms with Gasteiger partial charge in [-0.25, -0.2) is 9.18 Å². The van der Waals surface area contributed by atoms with E-state index in [1.165, 1.54) is 4.90 Å². The molecule has 3 aromatic carbocycles. The zero-order valence-electron chi connectivity index (χ0n) is 16.5. The summed E-state index contributed by atoms with van der Waals surface area (Å²) in [5.74, 6) is 0. The summed E-state index contributed by atoms with van der Waals surface area (Å²) in [7, 11) is 0. The molecule has 1 unspecified atom stereocenters. The van der Waals surface area contributed by atoms with E-state index in [0.29, 0.717) is 28.7 Å². The summed E-state index contributed by atoms with van der Waals surface area (Å²) in [6.07, 6.45) is -2.05. The number of halogens is 3. The van der Waals surface area contributed by atoms with Gasteiger partial charge in [-0.3, -0.25) is 0 Å². The summed E-state index contributed by atoms with van der Waals surface area (Å²) >= 11 is 12.1. The number of ether oxygens (including phenoxy) is 1. The van der Waals surface area contributed by atoms with E-state index in [0.717, 1.165) is 11.1 Å². The van der Waals surface area contributed by atoms with Gasteiger partial charge in [-0.1, -0.05) is 77.8 Å². The molecule has 1 aliphatic heterocycles. The lowest BCUT2D eigenvalue weighted by atomic mass is 10.0. The van der Waals surface area contributed by atoms with Crippen LogP contribution in [0.1, 0.15) is 29.1 Å². The molecule has 1 aliphatic rings. The zero-order chi connectivity index (χ0) is 21.8. The Morgan fingerprint density at radius 3 is 1.90 bits per heavy atom. The second-order valence-corrected chi connectivity index (χ2v) is 8.24. The number of rotatable bonds is 6. The van der Waals surface area contributed by atoms with Crippen LogP contribution in [-0.4, -0.2) is 30.1 Å². The lowest BCUT2D eigenvalue weighted by Crippen LogP contribution is -2.58. The molecule has 0 radical (unpaired) electrons. The van der Waals surface area contributed by atoms with Crippen molar-refractivity contribution >= 4 is 29.2 Å². The van der Waals surface area contributed by atoms with Gasteiger partial charge in [0.1, 0.15) is 6.10 Å². The van der Waals surface area contributed by atoms with Crippen molar-refractivity contribution < 1.29 is 13.9 Å². The second-order valence-electron chi connectivity index (χ2n) is 7.37. The molecule has 1 heterocycles. The summed E-state index contributed by atoms with van der Waals surface area (Å²) in [6.45, 7) is 0.760. The van der Waals surface area contributed by atoms with Crippen LogP contribution in [-0.2, 0) is 4.74 Å². The highest BCUT2D eigenvalue weighted by atomic mass is 35.5. The molecule has 31 heavy (non-hydrogen) atoms. The number of hydrogen-bond acceptors (Lipinski definition) is 2. The van der Waals surface area contributed by atoms with Crippen molar-refractivity contribution in [2.75, 3.05) is 13.1 Å². The van der Waals surface area contributed by atoms with Crippen molar-refractivity contribution in [3.8, 4) is 0 Å². The van der Waals surface area contributed by atoms with Crippen LogP contribution in [0.3, 0.4) is 0 Å². The Morgan fingerprint density at radius 2 is 1.39 bits per heavy atom. The van der Waals surface area contributed by atoms with Crippen molar-refractivity contribution in [2.24, 2.45) is 0 Å². The SMILES string of the molecule is O=C(NC(F)c1ccccc1)N1CC(OC(c2ccc(Cl)cc2)c2ccc(Cl)cc2)C1. The molecule has 0 bridgehead atoms. The third-order valence-corrected chi connectivity index (χ3v) is 5.66. The Kier molecular flexibility index (Phi) is 6.76. The molecule has 3 aromatic rings. The fourth-order valence-electron chi connectivity index (χ4n) is 3.41. The number of amides is 2. The summed E-state index contributed by atoms with van der Waals surface area (Å²) in [6, 6.07) is 23.0. The van der Waals surface area contributed by atoms with Crippen LogP contribution in [0.25, 0.3) is 0 Å². The van der Waals surface area contributed by atoms with Crippen LogP contribution in [0.15, 0.2) is 78.9 Å². The number of carbonyl (C=O) groups is 1. The third-order valence-electron chi connectivity index (χ3n) is 5.15. The van der Waals surface area contributed by atoms with Crippen LogP contribution in [0, 0.1) is 0 Å². The lowest BCUT2D eigenvalue weighted by Gasteiger charge is -2.41. The first-order valence-corrected chi connectivity index (χ1v) is 10.7. The molecule has 0 saturated carbocycles. The fourth-order valence-corrected chi connectivity index (χ4v) is 3.66. The summed E-state index contributed by atoms with van der Waals surface area (Å²) in [5.41, 5.74) is 2.31. The number of hydrogen-bond donors (Lipinski definition) is 1. The van der Waals surface area contributed by atoms with E-state index in [-0.39, 0.29) is 12.2 Å². The molecular formula is C24H21Cl2FN2O2. The number of carbonyl (C=O) groups excluding carboxylic acids is 1. The van der Waals surface area contributed by atoms with E-state index in [1.807, 2.05) is 48.5 Å². The smallest absolute Gasteiger partial charge is 0.320 e. The number of benzene rings is 3. The maximum Gasteiger partial charge on any atom is 0.320 e. The highest BCUT2D eigenvalue weighted by Gasteiger charge is 2.35. The highest BCUT2D eigenvalue weighted by Crippen LogP contribution is 2.31. The number of urea groups is 1. The molecule has 4 nitrogen and oxygen atoms in total. The van der Waals surface area contributed by atoms with Gasteiger partial charge < -0.3 is 15.0 Å². The lowest BCUT2D eigenvalue weighted by molar-refractivity contribution is -0.0653. The normalized spacial score (nSPS) is 14.9. The van der Waals surface area contributed by atoms with Crippen LogP contribution in [0.2, 0.25) is 10.0 Å². The first kappa shape index (κ1) is 21.6. The maximum absolute atomic E-state index is 14.3. The van der Waals surface area contributed by atoms with Gasteiger partial charge in [0, 0.05) is 15.6 Å². The van der Waals surface area contributed by atoms with Gasteiger partial charge in [-0.05, 0) is 35.4 Å². The Bertz CT molecular complexity index is 965. The van der Waals surface area contributed by atoms with Crippen molar-refractivity contribution in [3.05, 3.63) is 106 Å².